The molecule has 1 rings (SSSR count). The van der Waals surface area contributed by atoms with E-state index in [0.29, 0.717) is 18.2 Å². The van der Waals surface area contributed by atoms with Crippen molar-refractivity contribution in [3.8, 4) is 0 Å². The van der Waals surface area contributed by atoms with Crippen molar-refractivity contribution in [2.75, 3.05) is 24.1 Å². The van der Waals surface area contributed by atoms with E-state index in [2.05, 4.69) is 0 Å². The van der Waals surface area contributed by atoms with Crippen LogP contribution in [0.4, 0.5) is 0 Å². The summed E-state index contributed by atoms with van der Waals surface area (Å²) in [4.78, 5) is 24.2. The zero-order valence-electron chi connectivity index (χ0n) is 7.86. The summed E-state index contributed by atoms with van der Waals surface area (Å²) in [5.41, 5.74) is 0. The highest BCUT2D eigenvalue weighted by molar-refractivity contribution is 7.99. The topological polar surface area (TPSA) is 46.6 Å². The van der Waals surface area contributed by atoms with Gasteiger partial charge in [-0.05, 0) is 6.92 Å². The van der Waals surface area contributed by atoms with Gasteiger partial charge < -0.3 is 9.64 Å². The predicted molar refractivity (Wildman–Crippen MR) is 55.3 cm³/mol. The van der Waals surface area contributed by atoms with Gasteiger partial charge in [-0.25, -0.2) is 4.79 Å². The van der Waals surface area contributed by atoms with Crippen molar-refractivity contribution in [1.29, 1.82) is 0 Å². The van der Waals surface area contributed by atoms with E-state index in [-0.39, 0.29) is 17.8 Å². The van der Waals surface area contributed by atoms with E-state index in [1.165, 1.54) is 16.7 Å². The summed E-state index contributed by atoms with van der Waals surface area (Å²) in [6.07, 6.45) is 0. The van der Waals surface area contributed by atoms with Gasteiger partial charge in [-0.2, -0.15) is 0 Å². The number of carbonyl (C=O) groups excluding carboxylic acids is 2. The molecule has 0 saturated carbocycles. The zero-order chi connectivity index (χ0) is 10.6. The van der Waals surface area contributed by atoms with Crippen molar-refractivity contribution < 1.29 is 14.3 Å². The van der Waals surface area contributed by atoms with Gasteiger partial charge in [0.1, 0.15) is 11.9 Å². The normalized spacial score (nSPS) is 21.0. The molecule has 0 radical (unpaired) electrons. The van der Waals surface area contributed by atoms with E-state index in [4.69, 9.17) is 16.3 Å². The third kappa shape index (κ3) is 2.54. The van der Waals surface area contributed by atoms with Gasteiger partial charge in [-0.15, -0.1) is 23.4 Å². The number of thioether (sulfide) groups is 1. The number of hydrogen-bond donors (Lipinski definition) is 0. The minimum atomic E-state index is -0.453. The molecule has 0 N–H and O–H groups in total. The number of alkyl halides is 1. The Balaban J connectivity index is 2.59. The van der Waals surface area contributed by atoms with Crippen LogP contribution in [0.2, 0.25) is 0 Å². The monoisotopic (exact) mass is 237 g/mol. The van der Waals surface area contributed by atoms with Gasteiger partial charge in [-0.3, -0.25) is 4.79 Å². The number of hydrogen-bond acceptors (Lipinski definition) is 4. The fourth-order valence-electron chi connectivity index (χ4n) is 1.20. The Kier molecular flexibility index (Phi) is 4.54. The summed E-state index contributed by atoms with van der Waals surface area (Å²) in [7, 11) is 0. The van der Waals surface area contributed by atoms with Crippen LogP contribution in [-0.4, -0.2) is 46.9 Å². The van der Waals surface area contributed by atoms with Crippen molar-refractivity contribution in [1.82, 2.24) is 4.90 Å². The molecule has 1 unspecified atom stereocenters. The average Bonchev–Trinajstić information content (AvgIpc) is 2.65. The molecule has 0 bridgehead atoms. The average molecular weight is 238 g/mol. The van der Waals surface area contributed by atoms with Crippen LogP contribution in [0.5, 0.6) is 0 Å². The Labute approximate surface area is 91.9 Å². The molecule has 1 heterocycles. The molecule has 1 atom stereocenters. The molecule has 4 nitrogen and oxygen atoms in total. The fourth-order valence-corrected chi connectivity index (χ4v) is 2.52. The Morgan fingerprint density at radius 1 is 1.64 bits per heavy atom. The van der Waals surface area contributed by atoms with Gasteiger partial charge in [0.15, 0.2) is 0 Å². The lowest BCUT2D eigenvalue weighted by Gasteiger charge is -2.20. The maximum Gasteiger partial charge on any atom is 0.329 e. The van der Waals surface area contributed by atoms with Crippen LogP contribution in [0.3, 0.4) is 0 Å². The van der Waals surface area contributed by atoms with E-state index in [1.54, 1.807) is 6.92 Å². The molecule has 0 aromatic heterocycles. The molecule has 6 heteroatoms. The molecular formula is C8H12ClNO3S. The van der Waals surface area contributed by atoms with Gasteiger partial charge in [0.05, 0.1) is 12.5 Å². The van der Waals surface area contributed by atoms with Crippen molar-refractivity contribution in [2.24, 2.45) is 0 Å². The molecule has 80 valence electrons. The van der Waals surface area contributed by atoms with Crippen molar-refractivity contribution in [3.05, 3.63) is 0 Å². The van der Waals surface area contributed by atoms with Crippen molar-refractivity contribution in [3.63, 3.8) is 0 Å². The molecule has 1 saturated heterocycles. The second-order valence-corrected chi connectivity index (χ2v) is 4.03. The number of carbonyl (C=O) groups is 2. The second-order valence-electron chi connectivity index (χ2n) is 2.76. The summed E-state index contributed by atoms with van der Waals surface area (Å²) in [5.74, 6) is 0.484. The highest BCUT2D eigenvalue weighted by Crippen LogP contribution is 2.22. The lowest BCUT2D eigenvalue weighted by Crippen LogP contribution is -2.43. The summed E-state index contributed by atoms with van der Waals surface area (Å²) in [5, 5.41) is 0. The molecule has 1 fully saturated rings. The summed E-state index contributed by atoms with van der Waals surface area (Å²) in [6, 6.07) is -0.453. The fraction of sp³-hybridized carbons (Fsp3) is 0.750. The lowest BCUT2D eigenvalue weighted by molar-refractivity contribution is -0.151. The third-order valence-electron chi connectivity index (χ3n) is 1.88. The summed E-state index contributed by atoms with van der Waals surface area (Å²) in [6.45, 7) is 2.08. The number of rotatable bonds is 3. The van der Waals surface area contributed by atoms with Gasteiger partial charge in [0.25, 0.3) is 0 Å². The van der Waals surface area contributed by atoms with Crippen LogP contribution in [0.1, 0.15) is 6.92 Å². The van der Waals surface area contributed by atoms with E-state index in [1.807, 2.05) is 0 Å². The number of halogens is 1. The zero-order valence-corrected chi connectivity index (χ0v) is 9.44. The molecule has 0 spiro atoms. The number of amides is 1. The highest BCUT2D eigenvalue weighted by Gasteiger charge is 2.34. The van der Waals surface area contributed by atoms with Crippen molar-refractivity contribution >= 4 is 35.2 Å². The third-order valence-corrected chi connectivity index (χ3v) is 3.12. The minimum absolute atomic E-state index is 0.0868. The van der Waals surface area contributed by atoms with Crippen LogP contribution in [0, 0.1) is 0 Å². The van der Waals surface area contributed by atoms with Gasteiger partial charge >= 0.3 is 5.97 Å². The van der Waals surface area contributed by atoms with E-state index in [0.717, 1.165) is 0 Å². The molecule has 1 aliphatic heterocycles. The highest BCUT2D eigenvalue weighted by atomic mass is 35.5. The second kappa shape index (κ2) is 5.46. The van der Waals surface area contributed by atoms with Gasteiger partial charge in [0.2, 0.25) is 5.91 Å². The predicted octanol–water partition coefficient (Wildman–Crippen LogP) is 0.690. The Morgan fingerprint density at radius 3 is 2.93 bits per heavy atom. The quantitative estimate of drug-likeness (QED) is 0.535. The maximum absolute atomic E-state index is 11.4. The van der Waals surface area contributed by atoms with E-state index < -0.39 is 6.04 Å². The Hall–Kier alpha value is -0.420. The molecular weight excluding hydrogens is 226 g/mol. The summed E-state index contributed by atoms with van der Waals surface area (Å²) < 4.78 is 4.86. The van der Waals surface area contributed by atoms with E-state index in [9.17, 15) is 9.59 Å². The van der Waals surface area contributed by atoms with Crippen molar-refractivity contribution in [2.45, 2.75) is 13.0 Å². The molecule has 0 aromatic rings. The van der Waals surface area contributed by atoms with Crippen LogP contribution >= 0.6 is 23.4 Å². The van der Waals surface area contributed by atoms with Gasteiger partial charge in [-0.1, -0.05) is 0 Å². The first kappa shape index (κ1) is 11.7. The number of ether oxygens (including phenoxy) is 1. The van der Waals surface area contributed by atoms with Gasteiger partial charge in [0, 0.05) is 5.75 Å². The molecule has 1 aliphatic rings. The summed E-state index contributed by atoms with van der Waals surface area (Å²) >= 11 is 6.96. The minimum Gasteiger partial charge on any atom is -0.464 e. The van der Waals surface area contributed by atoms with Crippen LogP contribution < -0.4 is 0 Å². The first-order valence-corrected chi connectivity index (χ1v) is 5.99. The SMILES string of the molecule is CCOC(=O)C1CSCN1C(=O)CCl. The molecule has 14 heavy (non-hydrogen) atoms. The molecule has 0 aliphatic carbocycles. The standard InChI is InChI=1S/C8H12ClNO3S/c1-2-13-8(12)6-4-14-5-10(6)7(11)3-9/h6H,2-5H2,1H3. The maximum atomic E-state index is 11.4. The Morgan fingerprint density at radius 2 is 2.36 bits per heavy atom. The number of esters is 1. The van der Waals surface area contributed by atoms with Crippen LogP contribution in [-0.2, 0) is 14.3 Å². The lowest BCUT2D eigenvalue weighted by atomic mass is 10.3. The first-order chi connectivity index (χ1) is 6.70. The largest absolute Gasteiger partial charge is 0.464 e. The number of nitrogens with zero attached hydrogens (tertiary/aromatic N) is 1. The Bertz CT molecular complexity index is 237. The first-order valence-electron chi connectivity index (χ1n) is 4.30. The molecule has 0 aromatic carbocycles. The molecule has 1 amide bonds. The van der Waals surface area contributed by atoms with Crippen LogP contribution in [0.15, 0.2) is 0 Å². The van der Waals surface area contributed by atoms with E-state index >= 15 is 0 Å². The smallest absolute Gasteiger partial charge is 0.329 e. The van der Waals surface area contributed by atoms with Crippen LogP contribution in [0.25, 0.3) is 0 Å².